The molecule has 16 heavy (non-hydrogen) atoms. The van der Waals surface area contributed by atoms with Crippen LogP contribution < -0.4 is 0 Å². The molecule has 0 saturated heterocycles. The van der Waals surface area contributed by atoms with E-state index in [1.54, 1.807) is 0 Å². The summed E-state index contributed by atoms with van der Waals surface area (Å²) in [5.74, 6) is 0. The SMILES string of the molecule is CS(=O)(=O)n1ncc2c([N+](=O)[O-])cccc21. The monoisotopic (exact) mass is 241 g/mol. The first-order valence-electron chi connectivity index (χ1n) is 4.23. The topological polar surface area (TPSA) is 95.1 Å². The van der Waals surface area contributed by atoms with Gasteiger partial charge in [0.05, 0.1) is 28.3 Å². The van der Waals surface area contributed by atoms with E-state index in [1.807, 2.05) is 0 Å². The van der Waals surface area contributed by atoms with Crippen molar-refractivity contribution >= 4 is 26.6 Å². The number of rotatable bonds is 2. The summed E-state index contributed by atoms with van der Waals surface area (Å²) in [5, 5.41) is 14.5. The molecule has 1 heterocycles. The third-order valence-electron chi connectivity index (χ3n) is 2.07. The van der Waals surface area contributed by atoms with E-state index in [1.165, 1.54) is 24.4 Å². The summed E-state index contributed by atoms with van der Waals surface area (Å²) in [7, 11) is -3.55. The first kappa shape index (κ1) is 10.6. The Labute approximate surface area is 90.5 Å². The van der Waals surface area contributed by atoms with E-state index < -0.39 is 14.9 Å². The van der Waals surface area contributed by atoms with Gasteiger partial charge in [0.25, 0.3) is 15.7 Å². The summed E-state index contributed by atoms with van der Waals surface area (Å²) >= 11 is 0. The first-order valence-corrected chi connectivity index (χ1v) is 6.08. The number of non-ortho nitro benzene ring substituents is 1. The Bertz CT molecular complexity index is 674. The second-order valence-electron chi connectivity index (χ2n) is 3.22. The molecule has 0 amide bonds. The molecule has 2 rings (SSSR count). The van der Waals surface area contributed by atoms with Gasteiger partial charge in [-0.1, -0.05) is 6.07 Å². The lowest BCUT2D eigenvalue weighted by Gasteiger charge is -1.98. The molecule has 0 fully saturated rings. The quantitative estimate of drug-likeness (QED) is 0.571. The fourth-order valence-electron chi connectivity index (χ4n) is 1.44. The lowest BCUT2D eigenvalue weighted by Crippen LogP contribution is -2.11. The molecule has 0 bridgehead atoms. The van der Waals surface area contributed by atoms with E-state index >= 15 is 0 Å². The van der Waals surface area contributed by atoms with Crippen LogP contribution in [0.4, 0.5) is 5.69 Å². The Kier molecular flexibility index (Phi) is 2.16. The number of benzene rings is 1. The Morgan fingerprint density at radius 1 is 1.44 bits per heavy atom. The van der Waals surface area contributed by atoms with Crippen LogP contribution in [0.2, 0.25) is 0 Å². The second kappa shape index (κ2) is 3.27. The van der Waals surface area contributed by atoms with Gasteiger partial charge in [-0.05, 0) is 6.07 Å². The number of hydrogen-bond donors (Lipinski definition) is 0. The third-order valence-corrected chi connectivity index (χ3v) is 2.99. The molecule has 1 aromatic heterocycles. The molecule has 0 saturated carbocycles. The highest BCUT2D eigenvalue weighted by Gasteiger charge is 2.18. The molecule has 84 valence electrons. The summed E-state index contributed by atoms with van der Waals surface area (Å²) in [6, 6.07) is 4.19. The van der Waals surface area contributed by atoms with E-state index in [0.29, 0.717) is 0 Å². The molecule has 0 aliphatic carbocycles. The molecule has 0 atom stereocenters. The van der Waals surface area contributed by atoms with Gasteiger partial charge >= 0.3 is 0 Å². The number of aromatic nitrogens is 2. The lowest BCUT2D eigenvalue weighted by molar-refractivity contribution is -0.383. The standard InChI is InChI=1S/C8H7N3O4S/c1-16(14,15)10-7-3-2-4-8(11(12)13)6(7)5-9-10/h2-5H,1H3. The van der Waals surface area contributed by atoms with Gasteiger partial charge in [0.2, 0.25) is 0 Å². The Hall–Kier alpha value is -1.96. The zero-order valence-electron chi connectivity index (χ0n) is 8.19. The zero-order chi connectivity index (χ0) is 11.9. The average molecular weight is 241 g/mol. The van der Waals surface area contributed by atoms with Crippen LogP contribution in [0.3, 0.4) is 0 Å². The fourth-order valence-corrected chi connectivity index (χ4v) is 2.17. The van der Waals surface area contributed by atoms with Crippen molar-refractivity contribution in [2.75, 3.05) is 6.26 Å². The molecular weight excluding hydrogens is 234 g/mol. The van der Waals surface area contributed by atoms with Crippen LogP contribution in [0, 0.1) is 10.1 Å². The maximum absolute atomic E-state index is 11.3. The Morgan fingerprint density at radius 3 is 2.69 bits per heavy atom. The van der Waals surface area contributed by atoms with Crippen LogP contribution in [-0.2, 0) is 10.0 Å². The fraction of sp³-hybridized carbons (Fsp3) is 0.125. The Morgan fingerprint density at radius 2 is 2.12 bits per heavy atom. The molecule has 0 aliphatic rings. The third kappa shape index (κ3) is 1.52. The van der Waals surface area contributed by atoms with Crippen LogP contribution in [0.25, 0.3) is 10.9 Å². The molecule has 0 aliphatic heterocycles. The molecular formula is C8H7N3O4S. The van der Waals surface area contributed by atoms with Crippen molar-refractivity contribution in [1.82, 2.24) is 9.19 Å². The number of fused-ring (bicyclic) bond motifs is 1. The maximum Gasteiger partial charge on any atom is 0.280 e. The van der Waals surface area contributed by atoms with Gasteiger partial charge in [-0.2, -0.15) is 9.19 Å². The summed E-state index contributed by atoms with van der Waals surface area (Å²) in [4.78, 5) is 10.1. The van der Waals surface area contributed by atoms with Gasteiger partial charge in [0, 0.05) is 6.07 Å². The maximum atomic E-state index is 11.3. The molecule has 0 unspecified atom stereocenters. The van der Waals surface area contributed by atoms with Crippen LogP contribution in [0.1, 0.15) is 0 Å². The summed E-state index contributed by atoms with van der Waals surface area (Å²) < 4.78 is 23.4. The highest BCUT2D eigenvalue weighted by molar-refractivity contribution is 7.89. The van der Waals surface area contributed by atoms with E-state index in [0.717, 1.165) is 10.3 Å². The number of nitrogens with zero attached hydrogens (tertiary/aromatic N) is 3. The number of nitro groups is 1. The second-order valence-corrected chi connectivity index (χ2v) is 5.03. The minimum Gasteiger partial charge on any atom is -0.258 e. The van der Waals surface area contributed by atoms with Crippen molar-refractivity contribution in [2.45, 2.75) is 0 Å². The van der Waals surface area contributed by atoms with E-state index in [2.05, 4.69) is 5.10 Å². The normalized spacial score (nSPS) is 11.8. The highest BCUT2D eigenvalue weighted by atomic mass is 32.2. The molecule has 2 aromatic rings. The van der Waals surface area contributed by atoms with Gasteiger partial charge in [0.15, 0.2) is 0 Å². The van der Waals surface area contributed by atoms with Crippen molar-refractivity contribution in [2.24, 2.45) is 0 Å². The van der Waals surface area contributed by atoms with Crippen molar-refractivity contribution < 1.29 is 13.3 Å². The highest BCUT2D eigenvalue weighted by Crippen LogP contribution is 2.25. The Balaban J connectivity index is 2.87. The van der Waals surface area contributed by atoms with Gasteiger partial charge in [-0.25, -0.2) is 8.42 Å². The molecule has 0 N–H and O–H groups in total. The molecule has 1 aromatic carbocycles. The molecule has 7 nitrogen and oxygen atoms in total. The predicted octanol–water partition coefficient (Wildman–Crippen LogP) is 0.752. The number of nitro benzene ring substituents is 1. The van der Waals surface area contributed by atoms with Gasteiger partial charge in [-0.3, -0.25) is 10.1 Å². The van der Waals surface area contributed by atoms with E-state index in [-0.39, 0.29) is 16.6 Å². The van der Waals surface area contributed by atoms with Crippen molar-refractivity contribution in [3.05, 3.63) is 34.5 Å². The smallest absolute Gasteiger partial charge is 0.258 e. The predicted molar refractivity (Wildman–Crippen MR) is 56.6 cm³/mol. The summed E-state index contributed by atoms with van der Waals surface area (Å²) in [6.07, 6.45) is 2.16. The summed E-state index contributed by atoms with van der Waals surface area (Å²) in [6.45, 7) is 0. The first-order chi connectivity index (χ1) is 7.41. The van der Waals surface area contributed by atoms with Gasteiger partial charge in [-0.15, -0.1) is 0 Å². The summed E-state index contributed by atoms with van der Waals surface area (Å²) in [5.41, 5.74) is 0.0455. The van der Waals surface area contributed by atoms with Crippen molar-refractivity contribution in [3.63, 3.8) is 0 Å². The largest absolute Gasteiger partial charge is 0.280 e. The van der Waals surface area contributed by atoms with Gasteiger partial charge < -0.3 is 0 Å². The molecule has 8 heteroatoms. The lowest BCUT2D eigenvalue weighted by atomic mass is 10.2. The van der Waals surface area contributed by atoms with Crippen molar-refractivity contribution in [3.8, 4) is 0 Å². The van der Waals surface area contributed by atoms with Crippen molar-refractivity contribution in [1.29, 1.82) is 0 Å². The van der Waals surface area contributed by atoms with Crippen LogP contribution in [-0.4, -0.2) is 28.8 Å². The van der Waals surface area contributed by atoms with E-state index in [9.17, 15) is 18.5 Å². The molecule has 0 radical (unpaired) electrons. The molecule has 0 spiro atoms. The van der Waals surface area contributed by atoms with Crippen LogP contribution >= 0.6 is 0 Å². The van der Waals surface area contributed by atoms with E-state index in [4.69, 9.17) is 0 Å². The average Bonchev–Trinajstić information content (AvgIpc) is 2.59. The van der Waals surface area contributed by atoms with Crippen LogP contribution in [0.15, 0.2) is 24.4 Å². The van der Waals surface area contributed by atoms with Gasteiger partial charge in [0.1, 0.15) is 0 Å². The zero-order valence-corrected chi connectivity index (χ0v) is 9.01. The minimum atomic E-state index is -3.55. The van der Waals surface area contributed by atoms with Crippen LogP contribution in [0.5, 0.6) is 0 Å². The number of hydrogen-bond acceptors (Lipinski definition) is 5. The minimum absolute atomic E-state index is 0.160.